The second kappa shape index (κ2) is 8.39. The van der Waals surface area contributed by atoms with Gasteiger partial charge in [0.2, 0.25) is 0 Å². The zero-order valence-electron chi connectivity index (χ0n) is 10.5. The molecule has 0 radical (unpaired) electrons. The van der Waals surface area contributed by atoms with Gasteiger partial charge in [-0.3, -0.25) is 0 Å². The summed E-state index contributed by atoms with van der Waals surface area (Å²) in [4.78, 5) is 11.1. The number of carbonyl (C=O) groups is 1. The Labute approximate surface area is 98.5 Å². The van der Waals surface area contributed by atoms with Crippen molar-refractivity contribution in [2.24, 2.45) is 0 Å². The predicted octanol–water partition coefficient (Wildman–Crippen LogP) is 3.24. The fourth-order valence-corrected chi connectivity index (χ4v) is 10.9. The fraction of sp³-hybridized carbons (Fsp3) is 0.909. The van der Waals surface area contributed by atoms with Crippen LogP contribution in [0.4, 0.5) is 0 Å². The molecule has 0 amide bonds. The molecular formula is C11H24O3Sn. The molecule has 0 aliphatic heterocycles. The Hall–Kier alpha value is 0.229. The van der Waals surface area contributed by atoms with E-state index < -0.39 is 19.2 Å². The fourth-order valence-electron chi connectivity index (χ4n) is 1.63. The average Bonchev–Trinajstić information content (AvgIpc) is 2.22. The van der Waals surface area contributed by atoms with Gasteiger partial charge < -0.3 is 0 Å². The molecule has 0 heterocycles. The van der Waals surface area contributed by atoms with Crippen molar-refractivity contribution < 1.29 is 10.9 Å². The molecular weight excluding hydrogens is 299 g/mol. The molecule has 0 atom stereocenters. The Morgan fingerprint density at radius 1 is 1.13 bits per heavy atom. The zero-order chi connectivity index (χ0) is 11.7. The van der Waals surface area contributed by atoms with Crippen molar-refractivity contribution >= 4 is 25.2 Å². The van der Waals surface area contributed by atoms with Gasteiger partial charge in [-0.25, -0.2) is 0 Å². The number of hydrogen-bond acceptors (Lipinski definition) is 3. The summed E-state index contributed by atoms with van der Waals surface area (Å²) in [6.45, 7) is 5.79. The first kappa shape index (κ1) is 15.2. The molecule has 90 valence electrons. The van der Waals surface area contributed by atoms with Gasteiger partial charge in [-0.05, 0) is 0 Å². The van der Waals surface area contributed by atoms with E-state index in [4.69, 9.17) is 6.15 Å². The van der Waals surface area contributed by atoms with Crippen molar-refractivity contribution in [1.82, 2.24) is 0 Å². The van der Waals surface area contributed by atoms with Crippen LogP contribution in [0.2, 0.25) is 8.87 Å². The molecule has 0 unspecified atom stereocenters. The van der Waals surface area contributed by atoms with E-state index in [-0.39, 0.29) is 5.97 Å². The molecule has 4 heteroatoms. The Morgan fingerprint density at radius 2 is 1.60 bits per heavy atom. The summed E-state index contributed by atoms with van der Waals surface area (Å²) >= 11 is -3.01. The number of rotatable bonds is 8. The molecule has 0 fully saturated rings. The van der Waals surface area contributed by atoms with E-state index >= 15 is 0 Å². The van der Waals surface area contributed by atoms with Crippen LogP contribution in [0.25, 0.3) is 0 Å². The molecule has 0 aromatic carbocycles. The van der Waals surface area contributed by atoms with Crippen molar-refractivity contribution in [2.75, 3.05) is 7.11 Å². The number of carbonyl (C=O) groups excluding carboxylic acids is 1. The Kier molecular flexibility index (Phi) is 8.52. The van der Waals surface area contributed by atoms with E-state index in [1.165, 1.54) is 6.92 Å². The van der Waals surface area contributed by atoms with Crippen LogP contribution in [0.1, 0.15) is 46.5 Å². The first-order chi connectivity index (χ1) is 7.10. The first-order valence-electron chi connectivity index (χ1n) is 5.85. The van der Waals surface area contributed by atoms with E-state index in [2.05, 4.69) is 13.8 Å². The first-order valence-corrected chi connectivity index (χ1v) is 12.2. The van der Waals surface area contributed by atoms with Gasteiger partial charge in [0.1, 0.15) is 0 Å². The summed E-state index contributed by atoms with van der Waals surface area (Å²) in [5.74, 6) is -0.167. The van der Waals surface area contributed by atoms with Gasteiger partial charge in [0.25, 0.3) is 0 Å². The van der Waals surface area contributed by atoms with Crippen LogP contribution in [0.3, 0.4) is 0 Å². The predicted molar refractivity (Wildman–Crippen MR) is 64.0 cm³/mol. The van der Waals surface area contributed by atoms with Crippen molar-refractivity contribution in [2.45, 2.75) is 55.3 Å². The van der Waals surface area contributed by atoms with E-state index in [0.717, 1.165) is 34.6 Å². The van der Waals surface area contributed by atoms with E-state index in [1.54, 1.807) is 7.11 Å². The van der Waals surface area contributed by atoms with Gasteiger partial charge in [0.05, 0.1) is 0 Å². The number of unbranched alkanes of at least 4 members (excludes halogenated alkanes) is 2. The SMILES string of the molecule is CCC[CH2][Sn]([CH2]CCC)([O]C)[O]C(C)=O. The third kappa shape index (κ3) is 6.40. The Bertz CT molecular complexity index is 175. The van der Waals surface area contributed by atoms with Gasteiger partial charge in [-0.2, -0.15) is 0 Å². The molecule has 0 aliphatic rings. The minimum absolute atomic E-state index is 0.167. The molecule has 0 N–H and O–H groups in total. The average molecular weight is 323 g/mol. The Balaban J connectivity index is 4.36. The third-order valence-corrected chi connectivity index (χ3v) is 12.9. The van der Waals surface area contributed by atoms with Gasteiger partial charge in [-0.1, -0.05) is 0 Å². The molecule has 0 saturated carbocycles. The van der Waals surface area contributed by atoms with Gasteiger partial charge >= 0.3 is 98.6 Å². The van der Waals surface area contributed by atoms with Crippen molar-refractivity contribution in [3.63, 3.8) is 0 Å². The molecule has 0 aromatic rings. The quantitative estimate of drug-likeness (QED) is 0.644. The standard InChI is InChI=1S/2C4H9.C2H4O2.CH3O.Sn/c2*1-3-4-2;1-2(3)4;1-2;/h2*1,3-4H2,2H3;1H3,(H,3,4);1H3;/q;;;-1;+2/p-1. The third-order valence-electron chi connectivity index (χ3n) is 2.52. The summed E-state index contributed by atoms with van der Waals surface area (Å²) < 4.78 is 13.2. The van der Waals surface area contributed by atoms with E-state index in [9.17, 15) is 4.79 Å². The summed E-state index contributed by atoms with van der Waals surface area (Å²) in [7, 11) is 1.71. The summed E-state index contributed by atoms with van der Waals surface area (Å²) in [6.07, 6.45) is 4.49. The van der Waals surface area contributed by atoms with Crippen molar-refractivity contribution in [3.05, 3.63) is 0 Å². The van der Waals surface area contributed by atoms with Gasteiger partial charge in [0.15, 0.2) is 0 Å². The molecule has 0 rings (SSSR count). The molecule has 3 nitrogen and oxygen atoms in total. The second-order valence-corrected chi connectivity index (χ2v) is 13.7. The van der Waals surface area contributed by atoms with Crippen LogP contribution >= 0.6 is 0 Å². The maximum absolute atomic E-state index is 11.1. The van der Waals surface area contributed by atoms with Crippen molar-refractivity contribution in [1.29, 1.82) is 0 Å². The maximum atomic E-state index is 11.1. The summed E-state index contributed by atoms with van der Waals surface area (Å²) in [6, 6.07) is 0. The summed E-state index contributed by atoms with van der Waals surface area (Å²) in [5, 5.41) is 0. The van der Waals surface area contributed by atoms with Crippen LogP contribution in [0.15, 0.2) is 0 Å². The van der Waals surface area contributed by atoms with Crippen LogP contribution in [-0.4, -0.2) is 32.3 Å². The molecule has 0 aromatic heterocycles. The second-order valence-electron chi connectivity index (χ2n) is 3.92. The monoisotopic (exact) mass is 324 g/mol. The normalized spacial score (nSPS) is 11.5. The van der Waals surface area contributed by atoms with E-state index in [1.807, 2.05) is 0 Å². The topological polar surface area (TPSA) is 35.5 Å². The molecule has 15 heavy (non-hydrogen) atoms. The minimum atomic E-state index is -3.01. The van der Waals surface area contributed by atoms with Crippen LogP contribution in [0, 0.1) is 0 Å². The van der Waals surface area contributed by atoms with Gasteiger partial charge in [0, 0.05) is 0 Å². The molecule has 0 bridgehead atoms. The Morgan fingerprint density at radius 3 is 1.87 bits per heavy atom. The summed E-state index contributed by atoms with van der Waals surface area (Å²) in [5.41, 5.74) is 0. The van der Waals surface area contributed by atoms with E-state index in [0.29, 0.717) is 0 Å². The van der Waals surface area contributed by atoms with Gasteiger partial charge in [-0.15, -0.1) is 0 Å². The molecule has 0 spiro atoms. The van der Waals surface area contributed by atoms with Crippen LogP contribution in [-0.2, 0) is 10.9 Å². The zero-order valence-corrected chi connectivity index (χ0v) is 13.3. The van der Waals surface area contributed by atoms with Crippen molar-refractivity contribution in [3.8, 4) is 0 Å². The molecule has 0 saturated heterocycles. The molecule has 0 aliphatic carbocycles. The van der Waals surface area contributed by atoms with Crippen LogP contribution < -0.4 is 0 Å². The van der Waals surface area contributed by atoms with Crippen LogP contribution in [0.5, 0.6) is 0 Å². The number of hydrogen-bond donors (Lipinski definition) is 0.